The fourth-order valence-electron chi connectivity index (χ4n) is 5.37. The van der Waals surface area contributed by atoms with Crippen LogP contribution >= 0.6 is 12.2 Å². The number of fused-ring (bicyclic) bond motifs is 2. The van der Waals surface area contributed by atoms with Crippen LogP contribution in [-0.4, -0.2) is 49.9 Å². The molecule has 16 nitrogen and oxygen atoms in total. The Hall–Kier alpha value is -6.23. The number of benzene rings is 2. The van der Waals surface area contributed by atoms with Crippen LogP contribution in [0, 0.1) is 4.84 Å². The summed E-state index contributed by atoms with van der Waals surface area (Å²) in [6, 6.07) is 10.6. The molecule has 0 bridgehead atoms. The van der Waals surface area contributed by atoms with Crippen molar-refractivity contribution in [3.8, 4) is 0 Å². The number of aromatic carboxylic acids is 1. The SMILES string of the molecule is NC(=O)[C@H](NC(=O)c1cc(C(=O)NCc2ccc3c(c2)CN(c2c(N)c(=O)c2=O)CC3)n2c(=S)onc2n1)c1ccc(C(=O)O)cc1. The monoisotopic (exact) mass is 656 g/mol. The van der Waals surface area contributed by atoms with Crippen molar-refractivity contribution in [1.82, 2.24) is 25.2 Å². The molecule has 5 aromatic rings. The number of nitrogens with two attached hydrogens (primary N) is 2. The predicted octanol–water partition coefficient (Wildman–Crippen LogP) is 0.377. The smallest absolute Gasteiger partial charge is 0.335 e. The number of nitrogen functional groups attached to an aromatic ring is 1. The van der Waals surface area contributed by atoms with Crippen LogP contribution < -0.4 is 37.9 Å². The summed E-state index contributed by atoms with van der Waals surface area (Å²) >= 11 is 5.16. The minimum atomic E-state index is -1.35. The van der Waals surface area contributed by atoms with Gasteiger partial charge in [0.2, 0.25) is 5.91 Å². The molecule has 6 rings (SSSR count). The van der Waals surface area contributed by atoms with Gasteiger partial charge in [0.1, 0.15) is 28.8 Å². The number of nitrogens with one attached hydrogen (secondary N) is 2. The van der Waals surface area contributed by atoms with E-state index in [-0.39, 0.29) is 51.0 Å². The molecule has 17 heteroatoms. The third-order valence-electron chi connectivity index (χ3n) is 7.81. The highest BCUT2D eigenvalue weighted by Crippen LogP contribution is 2.26. The Kier molecular flexibility index (Phi) is 7.82. The second kappa shape index (κ2) is 11.9. The Labute approximate surface area is 268 Å². The van der Waals surface area contributed by atoms with Crippen LogP contribution in [0.4, 0.5) is 11.4 Å². The molecule has 238 valence electrons. The van der Waals surface area contributed by atoms with E-state index in [9.17, 15) is 28.8 Å². The molecule has 0 saturated carbocycles. The number of nitrogens with zero attached hydrogens (tertiary/aromatic N) is 4. The quantitative estimate of drug-likeness (QED) is 0.106. The number of carbonyl (C=O) groups is 4. The summed E-state index contributed by atoms with van der Waals surface area (Å²) in [5.74, 6) is -3.83. The lowest BCUT2D eigenvalue weighted by Gasteiger charge is -2.32. The van der Waals surface area contributed by atoms with Crippen LogP contribution in [0.15, 0.2) is 62.6 Å². The number of aromatic nitrogens is 3. The van der Waals surface area contributed by atoms with E-state index in [0.717, 1.165) is 27.2 Å². The number of primary amides is 1. The maximum Gasteiger partial charge on any atom is 0.335 e. The fraction of sp³-hybridized carbons (Fsp3) is 0.167. The van der Waals surface area contributed by atoms with E-state index in [1.807, 2.05) is 18.2 Å². The maximum absolute atomic E-state index is 13.4. The highest BCUT2D eigenvalue weighted by molar-refractivity contribution is 7.71. The Morgan fingerprint density at radius 1 is 1.02 bits per heavy atom. The lowest BCUT2D eigenvalue weighted by atomic mass is 9.96. The van der Waals surface area contributed by atoms with Gasteiger partial charge in [-0.25, -0.2) is 14.2 Å². The van der Waals surface area contributed by atoms with Crippen LogP contribution in [-0.2, 0) is 24.3 Å². The summed E-state index contributed by atoms with van der Waals surface area (Å²) in [5.41, 5.74) is 12.6. The van der Waals surface area contributed by atoms with Crippen LogP contribution in [0.5, 0.6) is 0 Å². The van der Waals surface area contributed by atoms with E-state index in [0.29, 0.717) is 19.5 Å². The number of carboxylic acids is 1. The highest BCUT2D eigenvalue weighted by Gasteiger charge is 2.28. The van der Waals surface area contributed by atoms with Crippen LogP contribution in [0.2, 0.25) is 0 Å². The minimum Gasteiger partial charge on any atom is -0.478 e. The molecule has 0 radical (unpaired) electrons. The first-order chi connectivity index (χ1) is 22.4. The van der Waals surface area contributed by atoms with Crippen LogP contribution in [0.1, 0.15) is 59.6 Å². The average Bonchev–Trinajstić information content (AvgIpc) is 3.45. The summed E-state index contributed by atoms with van der Waals surface area (Å²) in [6.07, 6.45) is 0.635. The van der Waals surface area contributed by atoms with Gasteiger partial charge in [-0.2, -0.15) is 0 Å². The van der Waals surface area contributed by atoms with Gasteiger partial charge < -0.3 is 36.6 Å². The number of carbonyl (C=O) groups excluding carboxylic acids is 3. The molecule has 1 atom stereocenters. The first-order valence-corrected chi connectivity index (χ1v) is 14.4. The van der Waals surface area contributed by atoms with Crippen molar-refractivity contribution in [3.63, 3.8) is 0 Å². The molecule has 0 aliphatic carbocycles. The van der Waals surface area contributed by atoms with E-state index in [1.165, 1.54) is 24.3 Å². The van der Waals surface area contributed by atoms with Gasteiger partial charge in [0.05, 0.1) is 5.56 Å². The van der Waals surface area contributed by atoms with E-state index in [1.54, 1.807) is 4.90 Å². The van der Waals surface area contributed by atoms with E-state index in [2.05, 4.69) is 20.8 Å². The molecule has 1 aliphatic rings. The van der Waals surface area contributed by atoms with Gasteiger partial charge in [0.15, 0.2) is 0 Å². The maximum atomic E-state index is 13.4. The molecule has 0 spiro atoms. The van der Waals surface area contributed by atoms with Gasteiger partial charge >= 0.3 is 10.8 Å². The molecule has 0 saturated heterocycles. The van der Waals surface area contributed by atoms with Crippen molar-refractivity contribution in [3.05, 3.63) is 113 Å². The zero-order valence-corrected chi connectivity index (χ0v) is 25.0. The van der Waals surface area contributed by atoms with Gasteiger partial charge in [0.25, 0.3) is 28.4 Å². The number of rotatable bonds is 9. The molecule has 0 unspecified atom stereocenters. The molecule has 3 aromatic carbocycles. The highest BCUT2D eigenvalue weighted by atomic mass is 32.1. The Morgan fingerprint density at radius 2 is 1.77 bits per heavy atom. The molecule has 3 heterocycles. The van der Waals surface area contributed by atoms with Crippen molar-refractivity contribution < 1.29 is 28.8 Å². The Bertz CT molecular complexity index is 2250. The van der Waals surface area contributed by atoms with E-state index < -0.39 is 40.6 Å². The summed E-state index contributed by atoms with van der Waals surface area (Å²) in [5, 5.41) is 18.1. The molecule has 47 heavy (non-hydrogen) atoms. The standard InChI is InChI=1S/C30H24N8O8S/c31-20-22(24(40)23(20)39)37-8-7-14-2-1-13(9-17(14)12-37)11-33-27(43)19-10-18(34-29-36-46-30(47)38(19)29)26(42)35-21(25(32)41)15-3-5-16(6-4-15)28(44)45/h1-6,9-10,21H,7-8,11-12,31H2,(H2,32,41)(H,33,43)(H,35,42)(H,44,45)/t21-/m1/s1. The van der Waals surface area contributed by atoms with E-state index >= 15 is 0 Å². The van der Waals surface area contributed by atoms with Gasteiger partial charge in [-0.15, -0.1) is 0 Å². The summed E-state index contributed by atoms with van der Waals surface area (Å²) in [6.45, 7) is 0.957. The summed E-state index contributed by atoms with van der Waals surface area (Å²) in [4.78, 5) is 79.4. The van der Waals surface area contributed by atoms with Gasteiger partial charge in [-0.1, -0.05) is 30.3 Å². The largest absolute Gasteiger partial charge is 0.478 e. The molecular formula is C30H24N8O8S. The normalized spacial score (nSPS) is 13.2. The van der Waals surface area contributed by atoms with Crippen LogP contribution in [0.3, 0.4) is 0 Å². The fourth-order valence-corrected chi connectivity index (χ4v) is 5.59. The summed E-state index contributed by atoms with van der Waals surface area (Å²) < 4.78 is 6.16. The number of carboxylic acid groups (broad SMARTS) is 1. The number of anilines is 2. The van der Waals surface area contributed by atoms with Crippen molar-refractivity contribution in [2.45, 2.75) is 25.6 Å². The lowest BCUT2D eigenvalue weighted by molar-refractivity contribution is -0.120. The number of hydrogen-bond donors (Lipinski definition) is 5. The molecule has 1 aliphatic heterocycles. The Balaban J connectivity index is 1.21. The van der Waals surface area contributed by atoms with Crippen molar-refractivity contribution in [2.75, 3.05) is 17.2 Å². The van der Waals surface area contributed by atoms with Crippen molar-refractivity contribution in [1.29, 1.82) is 0 Å². The van der Waals surface area contributed by atoms with Gasteiger partial charge in [0, 0.05) is 19.6 Å². The topological polar surface area (TPSA) is 245 Å². The second-order valence-electron chi connectivity index (χ2n) is 10.7. The summed E-state index contributed by atoms with van der Waals surface area (Å²) in [7, 11) is 0. The number of hydrogen-bond acceptors (Lipinski definition) is 12. The minimum absolute atomic E-state index is 0.0307. The molecule has 3 amide bonds. The van der Waals surface area contributed by atoms with Crippen LogP contribution in [0.25, 0.3) is 5.78 Å². The third kappa shape index (κ3) is 5.70. The first-order valence-electron chi connectivity index (χ1n) is 14.0. The van der Waals surface area contributed by atoms with Gasteiger partial charge in [-0.05, 0) is 64.2 Å². The van der Waals surface area contributed by atoms with Crippen molar-refractivity contribution in [2.24, 2.45) is 5.73 Å². The molecule has 7 N–H and O–H groups in total. The first kappa shape index (κ1) is 30.8. The second-order valence-corrected chi connectivity index (χ2v) is 11.1. The predicted molar refractivity (Wildman–Crippen MR) is 167 cm³/mol. The Morgan fingerprint density at radius 3 is 2.45 bits per heavy atom. The lowest BCUT2D eigenvalue weighted by Crippen LogP contribution is -2.44. The zero-order chi connectivity index (χ0) is 33.6. The average molecular weight is 657 g/mol. The zero-order valence-electron chi connectivity index (χ0n) is 24.2. The molecule has 2 aromatic heterocycles. The van der Waals surface area contributed by atoms with E-state index in [4.69, 9.17) is 33.3 Å². The molecule has 0 fully saturated rings. The third-order valence-corrected chi connectivity index (χ3v) is 8.07. The molecular weight excluding hydrogens is 632 g/mol. The van der Waals surface area contributed by atoms with Crippen molar-refractivity contribution >= 4 is 53.1 Å². The number of amides is 3. The van der Waals surface area contributed by atoms with Gasteiger partial charge in [-0.3, -0.25) is 24.0 Å².